The van der Waals surface area contributed by atoms with E-state index in [1.54, 1.807) is 24.3 Å². The van der Waals surface area contributed by atoms with Gasteiger partial charge in [-0.1, -0.05) is 30.3 Å². The van der Waals surface area contributed by atoms with Crippen LogP contribution in [0.4, 0.5) is 10.5 Å². The maximum absolute atomic E-state index is 13.8. The Hall–Kier alpha value is -5.59. The SMILES string of the molecule is COC(=O)c1cc(-c2ccc(C[C@H](NC(=O)[C@H]3CC[C@H](CNC(=O)OC(C)(C)C)CC3)C(=O)Nc3ccc(-c4nn[nH]n4)cc3)cc2)c(C)cc1C. The van der Waals surface area contributed by atoms with Crippen LogP contribution in [0.25, 0.3) is 22.5 Å². The molecule has 0 spiro atoms. The molecule has 1 aromatic heterocycles. The van der Waals surface area contributed by atoms with Gasteiger partial charge in [-0.15, -0.1) is 10.2 Å². The molecule has 5 rings (SSSR count). The lowest BCUT2D eigenvalue weighted by atomic mass is 9.81. The van der Waals surface area contributed by atoms with Crippen molar-refractivity contribution < 1.29 is 28.7 Å². The minimum absolute atomic E-state index is 0.173. The second kappa shape index (κ2) is 16.6. The number of nitrogens with one attached hydrogen (secondary N) is 4. The Bertz CT molecular complexity index is 1860. The Kier molecular flexibility index (Phi) is 12.0. The molecule has 274 valence electrons. The van der Waals surface area contributed by atoms with Crippen molar-refractivity contribution in [2.45, 2.75) is 78.4 Å². The zero-order chi connectivity index (χ0) is 37.4. The smallest absolute Gasteiger partial charge is 0.407 e. The largest absolute Gasteiger partial charge is 0.465 e. The predicted octanol–water partition coefficient (Wildman–Crippen LogP) is 5.93. The molecule has 1 aliphatic carbocycles. The summed E-state index contributed by atoms with van der Waals surface area (Å²) in [6, 6.07) is 17.8. The van der Waals surface area contributed by atoms with Crippen molar-refractivity contribution >= 4 is 29.6 Å². The number of alkyl carbamates (subject to hydrolysis) is 1. The normalized spacial score (nSPS) is 16.3. The number of methoxy groups -OCH3 is 1. The number of H-pyrrole nitrogens is 1. The monoisotopic (exact) mass is 709 g/mol. The fourth-order valence-corrected chi connectivity index (χ4v) is 6.43. The number of hydrogen-bond acceptors (Lipinski definition) is 9. The van der Waals surface area contributed by atoms with Crippen LogP contribution in [0.1, 0.15) is 73.5 Å². The molecule has 3 amide bonds. The van der Waals surface area contributed by atoms with Crippen molar-refractivity contribution in [1.29, 1.82) is 0 Å². The highest BCUT2D eigenvalue weighted by atomic mass is 16.6. The number of rotatable bonds is 11. The highest BCUT2D eigenvalue weighted by Gasteiger charge is 2.30. The van der Waals surface area contributed by atoms with Crippen molar-refractivity contribution in [1.82, 2.24) is 31.3 Å². The van der Waals surface area contributed by atoms with E-state index in [1.807, 2.05) is 71.0 Å². The van der Waals surface area contributed by atoms with Crippen molar-refractivity contribution in [3.05, 3.63) is 82.9 Å². The average Bonchev–Trinajstić information content (AvgIpc) is 3.66. The molecule has 1 heterocycles. The molecule has 0 radical (unpaired) electrons. The van der Waals surface area contributed by atoms with E-state index in [1.165, 1.54) is 7.11 Å². The van der Waals surface area contributed by atoms with E-state index in [4.69, 9.17) is 9.47 Å². The Balaban J connectivity index is 1.27. The molecule has 0 bridgehead atoms. The molecule has 13 heteroatoms. The summed E-state index contributed by atoms with van der Waals surface area (Å²) in [5.74, 6) is -0.492. The summed E-state index contributed by atoms with van der Waals surface area (Å²) in [7, 11) is 1.37. The number of ether oxygens (including phenoxy) is 2. The number of nitrogens with zero attached hydrogens (tertiary/aromatic N) is 3. The van der Waals surface area contributed by atoms with Crippen LogP contribution in [0.2, 0.25) is 0 Å². The van der Waals surface area contributed by atoms with Crippen molar-refractivity contribution in [2.75, 3.05) is 19.0 Å². The van der Waals surface area contributed by atoms with E-state index in [0.29, 0.717) is 36.5 Å². The minimum Gasteiger partial charge on any atom is -0.465 e. The number of amides is 3. The Morgan fingerprint density at radius 1 is 0.904 bits per heavy atom. The van der Waals surface area contributed by atoms with E-state index < -0.39 is 23.7 Å². The maximum atomic E-state index is 13.8. The van der Waals surface area contributed by atoms with Gasteiger partial charge in [-0.3, -0.25) is 9.59 Å². The molecule has 1 aliphatic rings. The summed E-state index contributed by atoms with van der Waals surface area (Å²) >= 11 is 0. The fourth-order valence-electron chi connectivity index (χ4n) is 6.43. The van der Waals surface area contributed by atoms with Gasteiger partial charge in [-0.2, -0.15) is 5.21 Å². The third-order valence-corrected chi connectivity index (χ3v) is 9.22. The van der Waals surface area contributed by atoms with Gasteiger partial charge in [0.05, 0.1) is 12.7 Å². The highest BCUT2D eigenvalue weighted by Crippen LogP contribution is 2.30. The van der Waals surface area contributed by atoms with Gasteiger partial charge in [0, 0.05) is 30.1 Å². The molecule has 4 N–H and O–H groups in total. The molecule has 0 aliphatic heterocycles. The summed E-state index contributed by atoms with van der Waals surface area (Å²) < 4.78 is 10.3. The number of hydrogen-bond donors (Lipinski definition) is 4. The standard InChI is InChI=1S/C39H47N7O6/c1-23-19-24(2)32(37(49)51-6)21-31(23)27-11-7-25(8-12-27)20-33(36(48)41-30-17-15-28(16-18-30)34-43-45-46-44-34)42-35(47)29-13-9-26(10-14-29)22-40-38(50)52-39(3,4)5/h7-8,11-12,15-19,21,26,29,33H,9-10,13-14,20,22H2,1-6H3,(H,40,50)(H,41,48)(H,42,47)(H,43,44,45,46)/t26-,29-,33-/m0/s1. The highest BCUT2D eigenvalue weighted by molar-refractivity contribution is 5.98. The van der Waals surface area contributed by atoms with E-state index in [2.05, 4.69) is 36.6 Å². The molecule has 1 saturated carbocycles. The van der Waals surface area contributed by atoms with Crippen LogP contribution in [-0.2, 0) is 25.5 Å². The Labute approximate surface area is 303 Å². The fraction of sp³-hybridized carbons (Fsp3) is 0.410. The second-order valence-electron chi connectivity index (χ2n) is 14.3. The summed E-state index contributed by atoms with van der Waals surface area (Å²) in [6.07, 6.45) is 2.66. The molecule has 52 heavy (non-hydrogen) atoms. The van der Waals surface area contributed by atoms with Crippen LogP contribution >= 0.6 is 0 Å². The number of benzene rings is 3. The number of carbonyl (C=O) groups excluding carboxylic acids is 4. The summed E-state index contributed by atoms with van der Waals surface area (Å²) in [4.78, 5) is 51.9. The lowest BCUT2D eigenvalue weighted by Crippen LogP contribution is -2.48. The third kappa shape index (κ3) is 10.0. The molecule has 4 aromatic rings. The first-order valence-corrected chi connectivity index (χ1v) is 17.5. The molecule has 0 unspecified atom stereocenters. The van der Waals surface area contributed by atoms with Crippen LogP contribution in [-0.4, -0.2) is 69.8 Å². The first-order chi connectivity index (χ1) is 24.8. The lowest BCUT2D eigenvalue weighted by Gasteiger charge is -2.29. The molecular formula is C39H47N7O6. The van der Waals surface area contributed by atoms with Crippen LogP contribution in [0.15, 0.2) is 60.7 Å². The van der Waals surface area contributed by atoms with Gasteiger partial charge in [0.15, 0.2) is 0 Å². The van der Waals surface area contributed by atoms with Gasteiger partial charge >= 0.3 is 12.1 Å². The van der Waals surface area contributed by atoms with Crippen molar-refractivity contribution in [3.8, 4) is 22.5 Å². The molecule has 13 nitrogen and oxygen atoms in total. The molecule has 1 fully saturated rings. The number of tetrazole rings is 1. The van der Waals surface area contributed by atoms with E-state index in [0.717, 1.165) is 46.2 Å². The Morgan fingerprint density at radius 2 is 1.58 bits per heavy atom. The van der Waals surface area contributed by atoms with E-state index >= 15 is 0 Å². The van der Waals surface area contributed by atoms with Crippen LogP contribution in [0.5, 0.6) is 0 Å². The quantitative estimate of drug-likeness (QED) is 0.137. The molecule has 1 atom stereocenters. The summed E-state index contributed by atoms with van der Waals surface area (Å²) in [5, 5.41) is 22.8. The van der Waals surface area contributed by atoms with Crippen molar-refractivity contribution in [3.63, 3.8) is 0 Å². The number of aryl methyl sites for hydroxylation is 2. The lowest BCUT2D eigenvalue weighted by molar-refractivity contribution is -0.130. The van der Waals surface area contributed by atoms with Gasteiger partial charge in [0.2, 0.25) is 17.6 Å². The average molecular weight is 710 g/mol. The van der Waals surface area contributed by atoms with Crippen LogP contribution in [0, 0.1) is 25.7 Å². The minimum atomic E-state index is -0.853. The maximum Gasteiger partial charge on any atom is 0.407 e. The molecule has 0 saturated heterocycles. The first-order valence-electron chi connectivity index (χ1n) is 17.5. The molecule has 3 aromatic carbocycles. The Morgan fingerprint density at radius 3 is 2.19 bits per heavy atom. The van der Waals surface area contributed by atoms with Gasteiger partial charge in [-0.05, 0) is 130 Å². The number of esters is 1. The van der Waals surface area contributed by atoms with E-state index in [9.17, 15) is 19.2 Å². The van der Waals surface area contributed by atoms with Crippen LogP contribution < -0.4 is 16.0 Å². The first kappa shape index (κ1) is 37.7. The topological polar surface area (TPSA) is 177 Å². The summed E-state index contributed by atoms with van der Waals surface area (Å²) in [6.45, 7) is 9.82. The summed E-state index contributed by atoms with van der Waals surface area (Å²) in [5.41, 5.74) is 5.75. The number of aromatic amines is 1. The zero-order valence-corrected chi connectivity index (χ0v) is 30.5. The number of aromatic nitrogens is 4. The van der Waals surface area contributed by atoms with Gasteiger partial charge in [0.1, 0.15) is 11.6 Å². The van der Waals surface area contributed by atoms with Crippen LogP contribution in [0.3, 0.4) is 0 Å². The van der Waals surface area contributed by atoms with E-state index in [-0.39, 0.29) is 30.1 Å². The van der Waals surface area contributed by atoms with Crippen molar-refractivity contribution in [2.24, 2.45) is 11.8 Å². The second-order valence-corrected chi connectivity index (χ2v) is 14.3. The third-order valence-electron chi connectivity index (χ3n) is 9.22. The number of carbonyl (C=O) groups is 4. The van der Waals surface area contributed by atoms with Gasteiger partial charge < -0.3 is 25.4 Å². The molecular weight excluding hydrogens is 662 g/mol. The zero-order valence-electron chi connectivity index (χ0n) is 30.5. The van der Waals surface area contributed by atoms with Gasteiger partial charge in [0.25, 0.3) is 0 Å². The predicted molar refractivity (Wildman–Crippen MR) is 196 cm³/mol. The van der Waals surface area contributed by atoms with Gasteiger partial charge in [-0.25, -0.2) is 9.59 Å². The number of anilines is 1.